The Labute approximate surface area is 127 Å². The maximum Gasteiger partial charge on any atom is 0.227 e. The molecule has 3 rings (SSSR count). The summed E-state index contributed by atoms with van der Waals surface area (Å²) in [5.74, 6) is 0.814. The number of nitrogens with one attached hydrogen (secondary N) is 1. The van der Waals surface area contributed by atoms with Gasteiger partial charge in [-0.05, 0) is 51.6 Å². The highest BCUT2D eigenvalue weighted by Crippen LogP contribution is 2.32. The SMILES string of the molecule is CN(C(=O)C1CCCN(C(=O)C2CC2)C1)C1CCNCC1. The molecule has 2 amide bonds. The van der Waals surface area contributed by atoms with Crippen LogP contribution in [0.1, 0.15) is 38.5 Å². The van der Waals surface area contributed by atoms with Crippen molar-refractivity contribution in [1.29, 1.82) is 0 Å². The van der Waals surface area contributed by atoms with Crippen LogP contribution in [-0.2, 0) is 9.59 Å². The Bertz CT molecular complexity index is 402. The number of likely N-dealkylation sites (tertiary alicyclic amines) is 1. The maximum absolute atomic E-state index is 12.7. The molecule has 2 aliphatic heterocycles. The van der Waals surface area contributed by atoms with Crippen LogP contribution in [0, 0.1) is 11.8 Å². The van der Waals surface area contributed by atoms with Gasteiger partial charge in [-0.25, -0.2) is 0 Å². The molecule has 0 bridgehead atoms. The van der Waals surface area contributed by atoms with E-state index in [1.54, 1.807) is 0 Å². The molecule has 2 heterocycles. The van der Waals surface area contributed by atoms with Crippen molar-refractivity contribution in [1.82, 2.24) is 15.1 Å². The van der Waals surface area contributed by atoms with Gasteiger partial charge >= 0.3 is 0 Å². The molecule has 0 aromatic heterocycles. The molecule has 5 nitrogen and oxygen atoms in total. The van der Waals surface area contributed by atoms with Crippen molar-refractivity contribution in [2.24, 2.45) is 11.8 Å². The minimum atomic E-state index is 0.0151. The number of piperidine rings is 2. The van der Waals surface area contributed by atoms with Crippen LogP contribution >= 0.6 is 0 Å². The molecular formula is C16H27N3O2. The predicted molar refractivity (Wildman–Crippen MR) is 80.7 cm³/mol. The third kappa shape index (κ3) is 3.39. The van der Waals surface area contributed by atoms with Crippen LogP contribution in [0.3, 0.4) is 0 Å². The van der Waals surface area contributed by atoms with E-state index in [9.17, 15) is 9.59 Å². The average Bonchev–Trinajstić information content (AvgIpc) is 3.38. The summed E-state index contributed by atoms with van der Waals surface area (Å²) in [5, 5.41) is 3.34. The van der Waals surface area contributed by atoms with Gasteiger partial charge in [0, 0.05) is 32.1 Å². The smallest absolute Gasteiger partial charge is 0.227 e. The molecule has 3 aliphatic rings. The first-order valence-electron chi connectivity index (χ1n) is 8.43. The lowest BCUT2D eigenvalue weighted by molar-refractivity contribution is -0.142. The normalized spacial score (nSPS) is 27.5. The summed E-state index contributed by atoms with van der Waals surface area (Å²) in [4.78, 5) is 28.8. The van der Waals surface area contributed by atoms with Crippen LogP contribution in [0.15, 0.2) is 0 Å². The lowest BCUT2D eigenvalue weighted by Gasteiger charge is -2.37. The van der Waals surface area contributed by atoms with Crippen molar-refractivity contribution in [2.75, 3.05) is 33.2 Å². The maximum atomic E-state index is 12.7. The molecule has 1 aliphatic carbocycles. The van der Waals surface area contributed by atoms with Crippen LogP contribution in [0.25, 0.3) is 0 Å². The number of nitrogens with zero attached hydrogens (tertiary/aromatic N) is 2. The lowest BCUT2D eigenvalue weighted by atomic mass is 9.94. The molecule has 1 unspecified atom stereocenters. The summed E-state index contributed by atoms with van der Waals surface area (Å²) in [6.07, 6.45) is 6.07. The third-order valence-corrected chi connectivity index (χ3v) is 5.21. The van der Waals surface area contributed by atoms with Crippen molar-refractivity contribution >= 4 is 11.8 Å². The summed E-state index contributed by atoms with van der Waals surface area (Å²) in [5.41, 5.74) is 0. The Hall–Kier alpha value is -1.10. The van der Waals surface area contributed by atoms with Crippen molar-refractivity contribution in [3.8, 4) is 0 Å². The highest BCUT2D eigenvalue weighted by molar-refractivity contribution is 5.83. The number of carbonyl (C=O) groups excluding carboxylic acids is 2. The van der Waals surface area contributed by atoms with Crippen molar-refractivity contribution in [2.45, 2.75) is 44.6 Å². The number of amides is 2. The van der Waals surface area contributed by atoms with Crippen molar-refractivity contribution in [3.05, 3.63) is 0 Å². The standard InChI is InChI=1S/C16H27N3O2/c1-18(14-6-8-17-9-7-14)15(20)13-3-2-10-19(11-13)16(21)12-4-5-12/h12-14,17H,2-11H2,1H3. The average molecular weight is 293 g/mol. The fraction of sp³-hybridized carbons (Fsp3) is 0.875. The van der Waals surface area contributed by atoms with E-state index in [-0.39, 0.29) is 23.7 Å². The summed E-state index contributed by atoms with van der Waals surface area (Å²) < 4.78 is 0. The van der Waals surface area contributed by atoms with E-state index in [1.807, 2.05) is 16.8 Å². The second-order valence-electron chi connectivity index (χ2n) is 6.83. The van der Waals surface area contributed by atoms with Crippen LogP contribution in [-0.4, -0.2) is 60.9 Å². The molecule has 1 N–H and O–H groups in total. The fourth-order valence-electron chi connectivity index (χ4n) is 3.63. The Morgan fingerprint density at radius 3 is 2.43 bits per heavy atom. The second kappa shape index (κ2) is 6.34. The van der Waals surface area contributed by atoms with E-state index in [0.29, 0.717) is 12.6 Å². The molecule has 3 fully saturated rings. The van der Waals surface area contributed by atoms with Crippen LogP contribution in [0.5, 0.6) is 0 Å². The Balaban J connectivity index is 1.56. The van der Waals surface area contributed by atoms with Gasteiger partial charge in [0.05, 0.1) is 5.92 Å². The molecule has 5 heteroatoms. The van der Waals surface area contributed by atoms with Gasteiger partial charge in [0.25, 0.3) is 0 Å². The zero-order chi connectivity index (χ0) is 14.8. The minimum absolute atomic E-state index is 0.0151. The number of rotatable bonds is 3. The quantitative estimate of drug-likeness (QED) is 0.839. The van der Waals surface area contributed by atoms with Gasteiger partial charge in [-0.15, -0.1) is 0 Å². The topological polar surface area (TPSA) is 52.7 Å². The second-order valence-corrected chi connectivity index (χ2v) is 6.83. The summed E-state index contributed by atoms with van der Waals surface area (Å²) in [7, 11) is 1.94. The van der Waals surface area contributed by atoms with Crippen LogP contribution in [0.2, 0.25) is 0 Å². The number of carbonyl (C=O) groups is 2. The molecule has 0 spiro atoms. The van der Waals surface area contributed by atoms with E-state index in [4.69, 9.17) is 0 Å². The molecule has 21 heavy (non-hydrogen) atoms. The molecule has 0 radical (unpaired) electrons. The highest BCUT2D eigenvalue weighted by atomic mass is 16.2. The van der Waals surface area contributed by atoms with E-state index in [0.717, 1.165) is 58.2 Å². The van der Waals surface area contributed by atoms with E-state index >= 15 is 0 Å². The summed E-state index contributed by atoms with van der Waals surface area (Å²) in [6, 6.07) is 0.369. The fourth-order valence-corrected chi connectivity index (χ4v) is 3.63. The largest absolute Gasteiger partial charge is 0.342 e. The van der Waals surface area contributed by atoms with Crippen LogP contribution in [0.4, 0.5) is 0 Å². The van der Waals surface area contributed by atoms with E-state index in [2.05, 4.69) is 5.32 Å². The van der Waals surface area contributed by atoms with Crippen molar-refractivity contribution in [3.63, 3.8) is 0 Å². The monoisotopic (exact) mass is 293 g/mol. The molecule has 0 aromatic carbocycles. The van der Waals surface area contributed by atoms with Gasteiger partial charge < -0.3 is 15.1 Å². The van der Waals surface area contributed by atoms with Crippen LogP contribution < -0.4 is 5.32 Å². The molecule has 1 saturated carbocycles. The first kappa shape index (κ1) is 14.8. The molecule has 118 valence electrons. The summed E-state index contributed by atoms with van der Waals surface area (Å²) >= 11 is 0. The Kier molecular flexibility index (Phi) is 4.48. The Morgan fingerprint density at radius 1 is 1.05 bits per heavy atom. The van der Waals surface area contributed by atoms with Gasteiger partial charge in [0.1, 0.15) is 0 Å². The molecule has 0 aromatic rings. The molecule has 2 saturated heterocycles. The van der Waals surface area contributed by atoms with Gasteiger partial charge in [-0.1, -0.05) is 0 Å². The van der Waals surface area contributed by atoms with Gasteiger partial charge in [-0.3, -0.25) is 9.59 Å². The Morgan fingerprint density at radius 2 is 1.76 bits per heavy atom. The van der Waals surface area contributed by atoms with Crippen molar-refractivity contribution < 1.29 is 9.59 Å². The summed E-state index contributed by atoms with van der Waals surface area (Å²) in [6.45, 7) is 3.48. The zero-order valence-electron chi connectivity index (χ0n) is 13.0. The lowest BCUT2D eigenvalue weighted by Crippen LogP contribution is -2.50. The zero-order valence-corrected chi connectivity index (χ0v) is 13.0. The van der Waals surface area contributed by atoms with Gasteiger partial charge in [0.2, 0.25) is 11.8 Å². The number of hydrogen-bond acceptors (Lipinski definition) is 3. The molecular weight excluding hydrogens is 266 g/mol. The third-order valence-electron chi connectivity index (χ3n) is 5.21. The predicted octanol–water partition coefficient (Wildman–Crippen LogP) is 0.845. The van der Waals surface area contributed by atoms with Gasteiger partial charge in [0.15, 0.2) is 0 Å². The van der Waals surface area contributed by atoms with E-state index in [1.165, 1.54) is 0 Å². The first-order chi connectivity index (χ1) is 10.2. The minimum Gasteiger partial charge on any atom is -0.342 e. The van der Waals surface area contributed by atoms with Gasteiger partial charge in [-0.2, -0.15) is 0 Å². The first-order valence-corrected chi connectivity index (χ1v) is 8.43. The van der Waals surface area contributed by atoms with E-state index < -0.39 is 0 Å². The molecule has 1 atom stereocenters. The number of hydrogen-bond donors (Lipinski definition) is 1. The highest BCUT2D eigenvalue weighted by Gasteiger charge is 2.37.